The van der Waals surface area contributed by atoms with Gasteiger partial charge in [-0.05, 0) is 0 Å². The van der Waals surface area contributed by atoms with Gasteiger partial charge in [-0.3, -0.25) is 0 Å². The number of hydrogen-bond donors (Lipinski definition) is 0. The van der Waals surface area contributed by atoms with E-state index in [0.29, 0.717) is 5.92 Å². The van der Waals surface area contributed by atoms with Crippen molar-refractivity contribution in [3.05, 3.63) is 9.50 Å². The fourth-order valence-corrected chi connectivity index (χ4v) is 8.32. The molecule has 0 radical (unpaired) electrons. The molecular weight excluding hydrogens is 269 g/mol. The monoisotopic (exact) mass is 282 g/mol. The molecule has 11 heavy (non-hydrogen) atoms. The van der Waals surface area contributed by atoms with Gasteiger partial charge in [0.05, 0.1) is 0 Å². The molecule has 0 rings (SSSR count). The summed E-state index contributed by atoms with van der Waals surface area (Å²) in [5.41, 5.74) is 0. The van der Waals surface area contributed by atoms with E-state index < -0.39 is 11.0 Å². The molecule has 0 N–H and O–H groups in total. The van der Waals surface area contributed by atoms with E-state index in [9.17, 15) is 0 Å². The summed E-state index contributed by atoms with van der Waals surface area (Å²) in [7, 11) is 12.1. The van der Waals surface area contributed by atoms with Crippen molar-refractivity contribution in [2.45, 2.75) is 26.6 Å². The molecule has 0 amide bonds. The zero-order valence-electron chi connectivity index (χ0n) is 7.12. The molecule has 0 aliphatic carbocycles. The van der Waals surface area contributed by atoms with E-state index in [1.165, 1.54) is 0 Å². The van der Waals surface area contributed by atoms with Crippen LogP contribution in [-0.4, -0.2) is 11.0 Å². The Morgan fingerprint density at radius 2 is 1.64 bits per heavy atom. The standard InChI is InChI=1S/C7H13Cl3Se/c1-5(2)7(6(3)8)11(4,9)10/h5H,1-4H3/b7-6+. The van der Waals surface area contributed by atoms with Gasteiger partial charge in [-0.2, -0.15) is 0 Å². The van der Waals surface area contributed by atoms with Gasteiger partial charge >= 0.3 is 84.8 Å². The molecule has 0 saturated heterocycles. The first-order valence-corrected chi connectivity index (χ1v) is 10.8. The first-order chi connectivity index (χ1) is 4.76. The van der Waals surface area contributed by atoms with Crippen molar-refractivity contribution in [1.82, 2.24) is 0 Å². The van der Waals surface area contributed by atoms with E-state index in [2.05, 4.69) is 13.8 Å². The third-order valence-electron chi connectivity index (χ3n) is 1.25. The number of rotatable bonds is 2. The topological polar surface area (TPSA) is 0 Å². The summed E-state index contributed by atoms with van der Waals surface area (Å²) < 4.78 is 1.05. The Hall–Kier alpha value is 1.13. The van der Waals surface area contributed by atoms with Crippen molar-refractivity contribution in [3.8, 4) is 0 Å². The molecule has 0 aliphatic heterocycles. The van der Waals surface area contributed by atoms with Crippen LogP contribution in [0.5, 0.6) is 0 Å². The predicted molar refractivity (Wildman–Crippen MR) is 56.7 cm³/mol. The van der Waals surface area contributed by atoms with Crippen LogP contribution in [0.25, 0.3) is 0 Å². The van der Waals surface area contributed by atoms with Gasteiger partial charge in [-0.15, -0.1) is 0 Å². The van der Waals surface area contributed by atoms with Gasteiger partial charge < -0.3 is 0 Å². The van der Waals surface area contributed by atoms with Crippen LogP contribution in [0.1, 0.15) is 20.8 Å². The van der Waals surface area contributed by atoms with Crippen molar-refractivity contribution < 1.29 is 0 Å². The summed E-state index contributed by atoms with van der Waals surface area (Å²) in [6, 6.07) is 0. The van der Waals surface area contributed by atoms with Gasteiger partial charge in [0.1, 0.15) is 0 Å². The maximum atomic E-state index is 6.07. The molecule has 4 heteroatoms. The minimum absolute atomic E-state index is 0.354. The van der Waals surface area contributed by atoms with Crippen molar-refractivity contribution in [1.29, 1.82) is 0 Å². The second-order valence-corrected chi connectivity index (χ2v) is 14.5. The van der Waals surface area contributed by atoms with Crippen LogP contribution in [-0.2, 0) is 0 Å². The van der Waals surface area contributed by atoms with Crippen LogP contribution in [0.15, 0.2) is 9.50 Å². The summed E-state index contributed by atoms with van der Waals surface area (Å²) >= 11 is 3.48. The van der Waals surface area contributed by atoms with Gasteiger partial charge in [-0.25, -0.2) is 0 Å². The quantitative estimate of drug-likeness (QED) is 0.664. The summed E-state index contributed by atoms with van der Waals surface area (Å²) in [5, 5.41) is 0.757. The molecule has 0 nitrogen and oxygen atoms in total. The second-order valence-electron chi connectivity index (χ2n) is 2.78. The van der Waals surface area contributed by atoms with Gasteiger partial charge in [0, 0.05) is 0 Å². The van der Waals surface area contributed by atoms with Crippen LogP contribution in [0, 0.1) is 5.92 Å². The minimum atomic E-state index is -2.39. The zero-order valence-corrected chi connectivity index (χ0v) is 11.1. The van der Waals surface area contributed by atoms with Crippen molar-refractivity contribution in [2.24, 2.45) is 5.92 Å². The fourth-order valence-electron chi connectivity index (χ4n) is 1.06. The number of halogens is 3. The van der Waals surface area contributed by atoms with Crippen molar-refractivity contribution in [2.75, 3.05) is 0 Å². The third kappa shape index (κ3) is 4.05. The average Bonchev–Trinajstić information content (AvgIpc) is 1.54. The average molecular weight is 282 g/mol. The predicted octanol–water partition coefficient (Wildman–Crippen LogP) is 4.24. The molecule has 0 aromatic rings. The normalized spacial score (nSPS) is 16.7. The molecular formula is C7H13Cl3Se. The van der Waals surface area contributed by atoms with Crippen molar-refractivity contribution >= 4 is 42.8 Å². The fraction of sp³-hybridized carbons (Fsp3) is 0.714. The Balaban J connectivity index is 4.80. The second kappa shape index (κ2) is 4.39. The van der Waals surface area contributed by atoms with E-state index in [-0.39, 0.29) is 0 Å². The Kier molecular flexibility index (Phi) is 4.84. The van der Waals surface area contributed by atoms with Crippen LogP contribution < -0.4 is 0 Å². The number of hydrogen-bond acceptors (Lipinski definition) is 0. The molecule has 0 unspecified atom stereocenters. The van der Waals surface area contributed by atoms with Crippen LogP contribution >= 0.6 is 31.8 Å². The van der Waals surface area contributed by atoms with E-state index >= 15 is 0 Å². The van der Waals surface area contributed by atoms with E-state index in [1.807, 2.05) is 12.7 Å². The zero-order chi connectivity index (χ0) is 9.23. The summed E-state index contributed by atoms with van der Waals surface area (Å²) in [6.07, 6.45) is 0. The first-order valence-electron chi connectivity index (χ1n) is 3.30. The molecule has 0 fully saturated rings. The van der Waals surface area contributed by atoms with Gasteiger partial charge in [0.25, 0.3) is 0 Å². The molecule has 0 spiro atoms. The summed E-state index contributed by atoms with van der Waals surface area (Å²) in [4.78, 5) is 0. The van der Waals surface area contributed by atoms with Crippen LogP contribution in [0.2, 0.25) is 5.82 Å². The van der Waals surface area contributed by atoms with Crippen molar-refractivity contribution in [3.63, 3.8) is 0 Å². The van der Waals surface area contributed by atoms with Gasteiger partial charge in [0.2, 0.25) is 0 Å². The van der Waals surface area contributed by atoms with Crippen LogP contribution in [0.3, 0.4) is 0 Å². The Bertz CT molecular complexity index is 163. The van der Waals surface area contributed by atoms with E-state index in [0.717, 1.165) is 9.50 Å². The Morgan fingerprint density at radius 1 is 1.27 bits per heavy atom. The number of allylic oxidation sites excluding steroid dienone is 2. The van der Waals surface area contributed by atoms with E-state index in [1.54, 1.807) is 0 Å². The molecule has 0 aliphatic rings. The van der Waals surface area contributed by atoms with Crippen LogP contribution in [0.4, 0.5) is 0 Å². The SMILES string of the molecule is C/C(Cl)=C(/C(C)C)[Se](C)(Cl)Cl. The maximum absolute atomic E-state index is 6.07. The van der Waals surface area contributed by atoms with E-state index in [4.69, 9.17) is 31.8 Å². The molecule has 0 aromatic heterocycles. The molecule has 0 heterocycles. The van der Waals surface area contributed by atoms with Gasteiger partial charge in [0.15, 0.2) is 0 Å². The molecule has 0 saturated carbocycles. The summed E-state index contributed by atoms with van der Waals surface area (Å²) in [6.45, 7) is 5.96. The van der Waals surface area contributed by atoms with Gasteiger partial charge in [-0.1, -0.05) is 0 Å². The molecule has 68 valence electrons. The molecule has 0 bridgehead atoms. The third-order valence-corrected chi connectivity index (χ3v) is 6.69. The summed E-state index contributed by atoms with van der Waals surface area (Å²) in [5.74, 6) is 2.24. The Morgan fingerprint density at radius 3 is 1.64 bits per heavy atom. The molecule has 0 aromatic carbocycles. The molecule has 0 atom stereocenters. The first kappa shape index (κ1) is 12.1. The Labute approximate surface area is 84.6 Å².